The molecule has 3 heteroatoms. The van der Waals surface area contributed by atoms with Crippen molar-refractivity contribution < 1.29 is 9.84 Å². The molecule has 0 radical (unpaired) electrons. The fourth-order valence-corrected chi connectivity index (χ4v) is 2.98. The first-order chi connectivity index (χ1) is 11.7. The van der Waals surface area contributed by atoms with Gasteiger partial charge in [-0.25, -0.2) is 0 Å². The van der Waals surface area contributed by atoms with Crippen LogP contribution in [0.4, 0.5) is 0 Å². The summed E-state index contributed by atoms with van der Waals surface area (Å²) >= 11 is 0. The second-order valence-electron chi connectivity index (χ2n) is 6.41. The summed E-state index contributed by atoms with van der Waals surface area (Å²) < 4.78 is 5.17. The van der Waals surface area contributed by atoms with Crippen LogP contribution in [0.15, 0.2) is 54.6 Å². The number of nitrogens with zero attached hydrogens (tertiary/aromatic N) is 1. The van der Waals surface area contributed by atoms with Crippen LogP contribution in [0.2, 0.25) is 0 Å². The van der Waals surface area contributed by atoms with Crippen LogP contribution in [0.1, 0.15) is 23.1 Å². The smallest absolute Gasteiger partial charge is 0.0707 e. The van der Waals surface area contributed by atoms with Gasteiger partial charge in [0.2, 0.25) is 0 Å². The molecule has 0 unspecified atom stereocenters. The van der Waals surface area contributed by atoms with E-state index in [1.807, 2.05) is 18.2 Å². The van der Waals surface area contributed by atoms with Gasteiger partial charge in [0.1, 0.15) is 0 Å². The van der Waals surface area contributed by atoms with Gasteiger partial charge in [0, 0.05) is 33.4 Å². The quantitative estimate of drug-likeness (QED) is 0.679. The SMILES string of the molecule is COCCCN(Cc1cccc(C)c1)C[C@@H](O)Cc1ccccc1. The normalized spacial score (nSPS) is 12.5. The zero-order valence-electron chi connectivity index (χ0n) is 14.8. The molecule has 0 fully saturated rings. The maximum Gasteiger partial charge on any atom is 0.0707 e. The third kappa shape index (κ3) is 6.83. The Bertz CT molecular complexity index is 585. The zero-order chi connectivity index (χ0) is 17.2. The van der Waals surface area contributed by atoms with E-state index in [2.05, 4.69) is 48.2 Å². The van der Waals surface area contributed by atoms with E-state index in [0.717, 1.165) is 26.1 Å². The molecule has 0 aromatic heterocycles. The average Bonchev–Trinajstić information content (AvgIpc) is 2.56. The van der Waals surface area contributed by atoms with Crippen molar-refractivity contribution >= 4 is 0 Å². The molecule has 130 valence electrons. The number of rotatable bonds is 10. The third-order valence-electron chi connectivity index (χ3n) is 4.09. The molecule has 0 saturated carbocycles. The van der Waals surface area contributed by atoms with Gasteiger partial charge in [-0.05, 0) is 30.9 Å². The van der Waals surface area contributed by atoms with Crippen LogP contribution in [0, 0.1) is 6.92 Å². The fourth-order valence-electron chi connectivity index (χ4n) is 2.98. The first kappa shape index (κ1) is 18.7. The Balaban J connectivity index is 1.94. The summed E-state index contributed by atoms with van der Waals surface area (Å²) in [6.07, 6.45) is 1.30. The van der Waals surface area contributed by atoms with E-state index >= 15 is 0 Å². The van der Waals surface area contributed by atoms with Crippen molar-refractivity contribution in [1.29, 1.82) is 0 Å². The lowest BCUT2D eigenvalue weighted by Gasteiger charge is -2.25. The van der Waals surface area contributed by atoms with Crippen LogP contribution in [0.5, 0.6) is 0 Å². The lowest BCUT2D eigenvalue weighted by molar-refractivity contribution is 0.0994. The van der Waals surface area contributed by atoms with Gasteiger partial charge in [-0.15, -0.1) is 0 Å². The van der Waals surface area contributed by atoms with Crippen LogP contribution in [-0.4, -0.2) is 42.9 Å². The van der Waals surface area contributed by atoms with E-state index < -0.39 is 0 Å². The van der Waals surface area contributed by atoms with Crippen molar-refractivity contribution in [2.75, 3.05) is 26.8 Å². The zero-order valence-corrected chi connectivity index (χ0v) is 14.8. The van der Waals surface area contributed by atoms with Gasteiger partial charge in [0.05, 0.1) is 6.10 Å². The predicted octanol–water partition coefficient (Wildman–Crippen LogP) is 3.44. The molecule has 0 spiro atoms. The lowest BCUT2D eigenvalue weighted by Crippen LogP contribution is -2.34. The number of aryl methyl sites for hydroxylation is 1. The number of methoxy groups -OCH3 is 1. The molecule has 1 N–H and O–H groups in total. The molecular formula is C21H29NO2. The number of aliphatic hydroxyl groups excluding tert-OH is 1. The Morgan fingerprint density at radius 1 is 1.04 bits per heavy atom. The molecule has 0 aliphatic carbocycles. The van der Waals surface area contributed by atoms with Crippen molar-refractivity contribution in [3.05, 3.63) is 71.3 Å². The standard InChI is InChI=1S/C21H29NO2/c1-18-8-6-11-20(14-18)16-22(12-7-13-24-2)17-21(23)15-19-9-4-3-5-10-19/h3-6,8-11,14,21,23H,7,12-13,15-17H2,1-2H3/t21-/m0/s1. The summed E-state index contributed by atoms with van der Waals surface area (Å²) in [5.41, 5.74) is 3.74. The second kappa shape index (κ2) is 10.2. The molecule has 2 rings (SSSR count). The molecule has 0 aliphatic heterocycles. The van der Waals surface area contributed by atoms with Gasteiger partial charge >= 0.3 is 0 Å². The van der Waals surface area contributed by atoms with Crippen LogP contribution < -0.4 is 0 Å². The number of hydrogen-bond acceptors (Lipinski definition) is 3. The van der Waals surface area contributed by atoms with Crippen LogP contribution in [0.25, 0.3) is 0 Å². The van der Waals surface area contributed by atoms with Crippen LogP contribution >= 0.6 is 0 Å². The molecular weight excluding hydrogens is 298 g/mol. The lowest BCUT2D eigenvalue weighted by atomic mass is 10.1. The summed E-state index contributed by atoms with van der Waals surface area (Å²) in [5, 5.41) is 10.5. The van der Waals surface area contributed by atoms with E-state index in [4.69, 9.17) is 4.74 Å². The van der Waals surface area contributed by atoms with Crippen LogP contribution in [0.3, 0.4) is 0 Å². The number of hydrogen-bond donors (Lipinski definition) is 1. The minimum Gasteiger partial charge on any atom is -0.391 e. The van der Waals surface area contributed by atoms with E-state index in [0.29, 0.717) is 13.0 Å². The van der Waals surface area contributed by atoms with E-state index in [1.165, 1.54) is 16.7 Å². The highest BCUT2D eigenvalue weighted by Gasteiger charge is 2.13. The molecule has 0 aliphatic rings. The van der Waals surface area contributed by atoms with Crippen molar-refractivity contribution in [2.45, 2.75) is 32.4 Å². The Labute approximate surface area is 145 Å². The summed E-state index contributed by atoms with van der Waals surface area (Å²) in [6.45, 7) is 5.32. The maximum atomic E-state index is 10.5. The minimum absolute atomic E-state index is 0.361. The minimum atomic E-state index is -0.361. The number of ether oxygens (including phenoxy) is 1. The van der Waals surface area contributed by atoms with Gasteiger partial charge in [0.25, 0.3) is 0 Å². The Hall–Kier alpha value is -1.68. The molecule has 2 aromatic rings. The van der Waals surface area contributed by atoms with Gasteiger partial charge in [-0.2, -0.15) is 0 Å². The summed E-state index contributed by atoms with van der Waals surface area (Å²) in [5.74, 6) is 0. The molecule has 24 heavy (non-hydrogen) atoms. The van der Waals surface area contributed by atoms with Crippen LogP contribution in [-0.2, 0) is 17.7 Å². The Kier molecular flexibility index (Phi) is 7.96. The fraction of sp³-hybridized carbons (Fsp3) is 0.429. The Morgan fingerprint density at radius 2 is 1.79 bits per heavy atom. The maximum absolute atomic E-state index is 10.5. The van der Waals surface area contributed by atoms with E-state index in [1.54, 1.807) is 7.11 Å². The highest BCUT2D eigenvalue weighted by atomic mass is 16.5. The summed E-state index contributed by atoms with van der Waals surface area (Å²) in [6, 6.07) is 18.8. The first-order valence-electron chi connectivity index (χ1n) is 8.66. The largest absolute Gasteiger partial charge is 0.391 e. The van der Waals surface area contributed by atoms with Gasteiger partial charge < -0.3 is 9.84 Å². The molecule has 0 heterocycles. The van der Waals surface area contributed by atoms with E-state index in [-0.39, 0.29) is 6.10 Å². The third-order valence-corrected chi connectivity index (χ3v) is 4.09. The second-order valence-corrected chi connectivity index (χ2v) is 6.41. The molecule has 0 amide bonds. The topological polar surface area (TPSA) is 32.7 Å². The molecule has 2 aromatic carbocycles. The molecule has 1 atom stereocenters. The highest BCUT2D eigenvalue weighted by Crippen LogP contribution is 2.11. The molecule has 3 nitrogen and oxygen atoms in total. The van der Waals surface area contributed by atoms with Gasteiger partial charge in [-0.3, -0.25) is 4.90 Å². The molecule has 0 saturated heterocycles. The van der Waals surface area contributed by atoms with Gasteiger partial charge in [-0.1, -0.05) is 60.2 Å². The molecule has 0 bridgehead atoms. The van der Waals surface area contributed by atoms with E-state index in [9.17, 15) is 5.11 Å². The first-order valence-corrected chi connectivity index (χ1v) is 8.66. The predicted molar refractivity (Wildman–Crippen MR) is 99.1 cm³/mol. The average molecular weight is 327 g/mol. The summed E-state index contributed by atoms with van der Waals surface area (Å²) in [7, 11) is 1.73. The number of aliphatic hydroxyl groups is 1. The van der Waals surface area contributed by atoms with Gasteiger partial charge in [0.15, 0.2) is 0 Å². The van der Waals surface area contributed by atoms with Crippen molar-refractivity contribution in [3.63, 3.8) is 0 Å². The number of benzene rings is 2. The Morgan fingerprint density at radius 3 is 2.50 bits per heavy atom. The van der Waals surface area contributed by atoms with Crippen molar-refractivity contribution in [1.82, 2.24) is 4.90 Å². The highest BCUT2D eigenvalue weighted by molar-refractivity contribution is 5.22. The summed E-state index contributed by atoms with van der Waals surface area (Å²) in [4.78, 5) is 2.32. The van der Waals surface area contributed by atoms with Crippen molar-refractivity contribution in [3.8, 4) is 0 Å². The van der Waals surface area contributed by atoms with Crippen molar-refractivity contribution in [2.24, 2.45) is 0 Å². The monoisotopic (exact) mass is 327 g/mol.